The van der Waals surface area contributed by atoms with Gasteiger partial charge in [-0.05, 0) is 0 Å². The van der Waals surface area contributed by atoms with Crippen LogP contribution in [-0.4, -0.2) is 117 Å². The number of nitrogens with two attached hydrogens (primary N) is 8. The third-order valence-corrected chi connectivity index (χ3v) is 2.17. The van der Waals surface area contributed by atoms with Gasteiger partial charge in [0.1, 0.15) is 0 Å². The SMILES string of the molecule is Cl.Cl.Cl.Cl.N=C(N)N.N=C(N)N.N=C(N)N.N=C(N)N.O=C(O)CN(CCN(CC(=O)O)CC(=O)O)CC(=O)O. The van der Waals surface area contributed by atoms with Crippen molar-refractivity contribution in [2.75, 3.05) is 39.3 Å². The predicted octanol–water partition coefficient (Wildman–Crippen LogP) is -5.03. The lowest BCUT2D eigenvalue weighted by Crippen LogP contribution is -2.43. The molecule has 0 saturated heterocycles. The fraction of sp³-hybridized carbons (Fsp3) is 0.429. The highest BCUT2D eigenvalue weighted by molar-refractivity contribution is 5.86. The molecule has 0 aromatic rings. The molecule has 24 N–H and O–H groups in total. The molecule has 0 aliphatic carbocycles. The van der Waals surface area contributed by atoms with E-state index in [1.165, 1.54) is 0 Å². The van der Waals surface area contributed by atoms with Gasteiger partial charge in [-0.15, -0.1) is 49.6 Å². The van der Waals surface area contributed by atoms with Crippen LogP contribution in [0.1, 0.15) is 0 Å². The molecule has 242 valence electrons. The van der Waals surface area contributed by atoms with Crippen LogP contribution >= 0.6 is 49.6 Å². The van der Waals surface area contributed by atoms with Crippen LogP contribution < -0.4 is 45.9 Å². The molecular weight excluding hydrogens is 634 g/mol. The molecule has 0 amide bonds. The molecule has 0 bridgehead atoms. The van der Waals surface area contributed by atoms with Gasteiger partial charge >= 0.3 is 23.9 Å². The average Bonchev–Trinajstić information content (AvgIpc) is 2.55. The second-order valence-corrected chi connectivity index (χ2v) is 5.82. The Bertz CT molecular complexity index is 619. The van der Waals surface area contributed by atoms with Gasteiger partial charge in [-0.25, -0.2) is 0 Å². The topological polar surface area (TPSA) is 459 Å². The summed E-state index contributed by atoms with van der Waals surface area (Å²) >= 11 is 0. The molecule has 22 nitrogen and oxygen atoms in total. The van der Waals surface area contributed by atoms with Gasteiger partial charge in [0.2, 0.25) is 0 Å². The molecule has 0 aromatic heterocycles. The molecule has 0 aromatic carbocycles. The molecule has 0 saturated carbocycles. The zero-order valence-electron chi connectivity index (χ0n) is 20.8. The van der Waals surface area contributed by atoms with Crippen molar-refractivity contribution >= 4 is 97.3 Å². The quantitative estimate of drug-likeness (QED) is 0.0720. The first-order valence-corrected chi connectivity index (χ1v) is 8.83. The standard InChI is InChI=1S/C10H16N2O8.4CH5N3.4ClH/c13-7(14)3-11(4-8(15)16)1-2-12(5-9(17)18)6-10(19)20;4*2-1(3)4;;;;/h1-6H2,(H,13,14)(H,15,16)(H,17,18)(H,19,20);4*(H5,2,3,4);4*1H. The van der Waals surface area contributed by atoms with Crippen LogP contribution in [-0.2, 0) is 19.2 Å². The second kappa shape index (κ2) is 39.6. The number of rotatable bonds is 11. The highest BCUT2D eigenvalue weighted by Crippen LogP contribution is 1.94. The van der Waals surface area contributed by atoms with E-state index in [9.17, 15) is 19.2 Å². The third-order valence-electron chi connectivity index (χ3n) is 2.17. The van der Waals surface area contributed by atoms with Crippen LogP contribution in [0.25, 0.3) is 0 Å². The predicted molar refractivity (Wildman–Crippen MR) is 157 cm³/mol. The summed E-state index contributed by atoms with van der Waals surface area (Å²) in [5.74, 6) is -6.24. The number of halogens is 4. The minimum absolute atomic E-state index is 0. The Morgan fingerprint density at radius 1 is 0.425 bits per heavy atom. The summed E-state index contributed by atoms with van der Waals surface area (Å²) in [6.45, 7) is -2.25. The van der Waals surface area contributed by atoms with Crippen molar-refractivity contribution < 1.29 is 39.6 Å². The van der Waals surface area contributed by atoms with Crippen molar-refractivity contribution in [1.29, 1.82) is 21.6 Å². The summed E-state index contributed by atoms with van der Waals surface area (Å²) in [6, 6.07) is 0. The van der Waals surface area contributed by atoms with E-state index in [2.05, 4.69) is 45.9 Å². The lowest BCUT2D eigenvalue weighted by atomic mass is 10.4. The molecule has 0 radical (unpaired) electrons. The van der Waals surface area contributed by atoms with E-state index in [-0.39, 0.29) is 86.6 Å². The Hall–Kier alpha value is -3.96. The maximum absolute atomic E-state index is 10.6. The lowest BCUT2D eigenvalue weighted by molar-refractivity contribution is -0.145. The van der Waals surface area contributed by atoms with Crippen LogP contribution in [0, 0.1) is 21.6 Å². The largest absolute Gasteiger partial charge is 0.480 e. The maximum Gasteiger partial charge on any atom is 0.317 e. The summed E-state index contributed by atoms with van der Waals surface area (Å²) in [5, 5.41) is 58.7. The molecule has 26 heteroatoms. The van der Waals surface area contributed by atoms with Crippen molar-refractivity contribution in [2.24, 2.45) is 45.9 Å². The number of nitrogens with zero attached hydrogens (tertiary/aromatic N) is 2. The lowest BCUT2D eigenvalue weighted by Gasteiger charge is -2.23. The van der Waals surface area contributed by atoms with Gasteiger partial charge in [-0.1, -0.05) is 0 Å². The van der Waals surface area contributed by atoms with E-state index in [0.29, 0.717) is 0 Å². The highest BCUT2D eigenvalue weighted by atomic mass is 35.5. The summed E-state index contributed by atoms with van der Waals surface area (Å²) in [4.78, 5) is 44.4. The van der Waals surface area contributed by atoms with Gasteiger partial charge in [0, 0.05) is 13.1 Å². The highest BCUT2D eigenvalue weighted by Gasteiger charge is 2.17. The zero-order chi connectivity index (χ0) is 30.0. The number of nitrogens with one attached hydrogen (secondary N) is 4. The fourth-order valence-corrected chi connectivity index (χ4v) is 1.48. The maximum atomic E-state index is 10.6. The molecule has 0 unspecified atom stereocenters. The second-order valence-electron chi connectivity index (χ2n) is 5.82. The van der Waals surface area contributed by atoms with E-state index in [0.717, 1.165) is 9.80 Å². The van der Waals surface area contributed by atoms with Gasteiger partial charge in [-0.2, -0.15) is 0 Å². The van der Waals surface area contributed by atoms with E-state index >= 15 is 0 Å². The summed E-state index contributed by atoms with van der Waals surface area (Å²) in [6.07, 6.45) is 0. The van der Waals surface area contributed by atoms with E-state index in [1.807, 2.05) is 0 Å². The van der Waals surface area contributed by atoms with Gasteiger partial charge in [0.25, 0.3) is 0 Å². The Labute approximate surface area is 253 Å². The number of hydrogen-bond donors (Lipinski definition) is 16. The number of carboxylic acid groups (broad SMARTS) is 4. The molecule has 0 fully saturated rings. The molecule has 0 spiro atoms. The Morgan fingerprint density at radius 2 is 0.525 bits per heavy atom. The summed E-state index contributed by atoms with van der Waals surface area (Å²) < 4.78 is 0. The summed E-state index contributed by atoms with van der Waals surface area (Å²) in [5.41, 5.74) is 35.8. The Balaban J connectivity index is -0.0000000568. The Morgan fingerprint density at radius 3 is 0.600 bits per heavy atom. The van der Waals surface area contributed by atoms with Crippen molar-refractivity contribution in [1.82, 2.24) is 9.80 Å². The summed E-state index contributed by atoms with van der Waals surface area (Å²) in [7, 11) is 0. The molecule has 0 heterocycles. The van der Waals surface area contributed by atoms with Crippen LogP contribution in [0.4, 0.5) is 0 Å². The monoisotopic (exact) mass is 672 g/mol. The fourth-order valence-electron chi connectivity index (χ4n) is 1.48. The van der Waals surface area contributed by atoms with E-state index < -0.39 is 50.1 Å². The minimum atomic E-state index is -1.23. The normalized spacial score (nSPS) is 7.75. The zero-order valence-corrected chi connectivity index (χ0v) is 24.1. The molecule has 40 heavy (non-hydrogen) atoms. The van der Waals surface area contributed by atoms with E-state index in [4.69, 9.17) is 42.1 Å². The van der Waals surface area contributed by atoms with Crippen molar-refractivity contribution in [3.63, 3.8) is 0 Å². The third kappa shape index (κ3) is 128. The van der Waals surface area contributed by atoms with Crippen molar-refractivity contribution in [3.05, 3.63) is 0 Å². The van der Waals surface area contributed by atoms with Gasteiger partial charge in [-0.3, -0.25) is 50.6 Å². The van der Waals surface area contributed by atoms with Crippen molar-refractivity contribution in [2.45, 2.75) is 0 Å². The van der Waals surface area contributed by atoms with Crippen LogP contribution in [0.5, 0.6) is 0 Å². The van der Waals surface area contributed by atoms with E-state index in [1.54, 1.807) is 0 Å². The molecule has 0 aliphatic rings. The van der Waals surface area contributed by atoms with Crippen LogP contribution in [0.2, 0.25) is 0 Å². The number of aliphatic carboxylic acids is 4. The molecule has 0 aliphatic heterocycles. The van der Waals surface area contributed by atoms with Crippen molar-refractivity contribution in [3.8, 4) is 0 Å². The number of carboxylic acids is 4. The molecule has 0 atom stereocenters. The molecule has 0 rings (SSSR count). The minimum Gasteiger partial charge on any atom is -0.480 e. The van der Waals surface area contributed by atoms with Gasteiger partial charge in [0.15, 0.2) is 23.8 Å². The Kier molecular flexibility index (Phi) is 59.8. The number of hydrogen-bond acceptors (Lipinski definition) is 10. The number of guanidine groups is 4. The first-order chi connectivity index (χ1) is 16.1. The number of carbonyl (C=O) groups is 4. The van der Waals surface area contributed by atoms with Gasteiger partial charge in [0.05, 0.1) is 26.2 Å². The van der Waals surface area contributed by atoms with Crippen LogP contribution in [0.3, 0.4) is 0 Å². The van der Waals surface area contributed by atoms with Crippen LogP contribution in [0.15, 0.2) is 0 Å². The molecular formula is C14H40Cl4N14O8. The smallest absolute Gasteiger partial charge is 0.317 e. The first-order valence-electron chi connectivity index (χ1n) is 8.83. The van der Waals surface area contributed by atoms with Gasteiger partial charge < -0.3 is 66.3 Å². The average molecular weight is 674 g/mol. The first kappa shape index (κ1) is 60.5.